The number of pyridine rings is 3. The van der Waals surface area contributed by atoms with Gasteiger partial charge in [-0.25, -0.2) is 9.97 Å². The van der Waals surface area contributed by atoms with Crippen LogP contribution in [0.15, 0.2) is 153 Å². The quantitative estimate of drug-likeness (QED) is 0.160. The predicted molar refractivity (Wildman–Crippen MR) is 443 cm³/mol. The minimum Gasteiger partial charge on any atom is -0.264 e. The Labute approximate surface area is 619 Å². The molecule has 0 radical (unpaired) electrons. The third-order valence-electron chi connectivity index (χ3n) is 12.9. The van der Waals surface area contributed by atoms with Crippen LogP contribution in [0.5, 0.6) is 0 Å². The standard InChI is InChI=1S/C12H15N2.3C11H14N3.C10H13N4.15C2H6/c1-10-6-4-5-7-11(10)12-8-9-13(2)14(12)3;1-9-8-12-6-4-10(9)11-5-7-13(2)14(11)3;1-9-4-6-12-8-10(9)11-5-7-13(2)14(11)3;1-9-10(5-4-7-12-9)11-6-8-13(2)14(11)3;1-8-9(6-11-7-12-8)10-4-5-13(2)14(10)3;15*1-2/h4-9H,1-3H3;3*4-8H,1-3H3;4-7H,1-3H3;15*1-2H3/q5*+1;;;;;;;;;;;;;;;. The summed E-state index contributed by atoms with van der Waals surface area (Å²) in [6, 6.07) is 27.1. The zero-order valence-corrected chi connectivity index (χ0v) is 73.6. The average Bonchev–Trinajstić information content (AvgIpc) is 1.68. The van der Waals surface area contributed by atoms with Crippen molar-refractivity contribution in [3.05, 3.63) is 181 Å². The number of rotatable bonds is 5. The van der Waals surface area contributed by atoms with Crippen molar-refractivity contribution in [2.75, 3.05) is 0 Å². The van der Waals surface area contributed by atoms with E-state index in [-0.39, 0.29) is 0 Å². The fourth-order valence-corrected chi connectivity index (χ4v) is 7.85. The molecule has 15 nitrogen and oxygen atoms in total. The van der Waals surface area contributed by atoms with Gasteiger partial charge in [0.15, 0.2) is 66.2 Å². The second-order valence-corrected chi connectivity index (χ2v) is 17.3. The molecule has 0 unspecified atom stereocenters. The molecule has 0 atom stereocenters. The molecule has 0 spiro atoms. The van der Waals surface area contributed by atoms with E-state index < -0.39 is 0 Å². The smallest absolute Gasteiger partial charge is 0.196 e. The van der Waals surface area contributed by atoms with Gasteiger partial charge in [0.25, 0.3) is 0 Å². The highest BCUT2D eigenvalue weighted by atomic mass is 15.4. The van der Waals surface area contributed by atoms with Crippen molar-refractivity contribution in [1.82, 2.24) is 48.3 Å². The molecule has 0 bridgehead atoms. The molecule has 0 amide bonds. The molecule has 0 saturated carbocycles. The maximum Gasteiger partial charge on any atom is 0.196 e. The molecule has 15 heteroatoms. The maximum atomic E-state index is 4.28. The Hall–Kier alpha value is -8.20. The molecule has 1 aromatic carbocycles. The zero-order chi connectivity index (χ0) is 80.6. The van der Waals surface area contributed by atoms with Crippen molar-refractivity contribution in [1.29, 1.82) is 0 Å². The minimum absolute atomic E-state index is 1.00. The Morgan fingerprint density at radius 1 is 0.240 bits per heavy atom. The highest BCUT2D eigenvalue weighted by Crippen LogP contribution is 2.24. The lowest BCUT2D eigenvalue weighted by molar-refractivity contribution is -0.750. The first-order valence-corrected chi connectivity index (χ1v) is 38.1. The maximum absolute atomic E-state index is 4.28. The third-order valence-corrected chi connectivity index (χ3v) is 12.9. The summed E-state index contributed by atoms with van der Waals surface area (Å²) in [6.07, 6.45) is 22.9. The van der Waals surface area contributed by atoms with Crippen LogP contribution in [0.4, 0.5) is 0 Å². The molecule has 0 N–H and O–H groups in total. The van der Waals surface area contributed by atoms with Crippen LogP contribution in [0.2, 0.25) is 0 Å². The van der Waals surface area contributed by atoms with Gasteiger partial charge in [-0.2, -0.15) is 23.4 Å². The molecule has 9 aromatic heterocycles. The lowest BCUT2D eigenvalue weighted by atomic mass is 10.1. The summed E-state index contributed by atoms with van der Waals surface area (Å²) in [7, 11) is 20.3. The molecule has 10 rings (SSSR count). The van der Waals surface area contributed by atoms with E-state index in [1.165, 1.54) is 61.7 Å². The zero-order valence-electron chi connectivity index (χ0n) is 73.6. The summed E-state index contributed by atoms with van der Waals surface area (Å²) >= 11 is 0. The van der Waals surface area contributed by atoms with Crippen LogP contribution in [-0.4, -0.2) is 48.3 Å². The van der Waals surface area contributed by atoms with Gasteiger partial charge in [-0.05, 0) is 75.6 Å². The SMILES string of the molecule is CC.CC.CC.CC.CC.CC.CC.CC.CC.CC.CC.CC.CC.CC.CC.Cc1ccccc1-c1cc[n+](C)n1C.Cc1ccncc1-c1cc[n+](C)n1C.Cc1cnccc1-c1cc[n+](C)n1C.Cc1ncccc1-c1cc[n+](C)n1C.Cc1ncncc1-c1cc[n+](C)n1C. The van der Waals surface area contributed by atoms with E-state index >= 15 is 0 Å². The number of nitrogens with zero attached hydrogens (tertiary/aromatic N) is 15. The van der Waals surface area contributed by atoms with Crippen LogP contribution in [0.1, 0.15) is 236 Å². The van der Waals surface area contributed by atoms with Crippen LogP contribution in [0, 0.1) is 34.6 Å². The second-order valence-electron chi connectivity index (χ2n) is 17.3. The molecule has 0 aliphatic rings. The molecule has 10 aromatic rings. The Morgan fingerprint density at radius 3 is 0.820 bits per heavy atom. The van der Waals surface area contributed by atoms with Gasteiger partial charge in [0, 0.05) is 101 Å². The molecular weight excluding hydrogens is 1230 g/mol. The van der Waals surface area contributed by atoms with Gasteiger partial charge in [-0.3, -0.25) is 15.0 Å². The van der Waals surface area contributed by atoms with Gasteiger partial charge in [-0.1, -0.05) is 232 Å². The number of benzene rings is 1. The van der Waals surface area contributed by atoms with Crippen LogP contribution in [0.3, 0.4) is 0 Å². The van der Waals surface area contributed by atoms with Gasteiger partial charge in [0.05, 0.1) is 40.9 Å². The van der Waals surface area contributed by atoms with E-state index in [1.54, 1.807) is 6.33 Å². The van der Waals surface area contributed by atoms with Crippen LogP contribution in [-0.2, 0) is 70.5 Å². The van der Waals surface area contributed by atoms with Gasteiger partial charge in [0.1, 0.15) is 34.8 Å². The summed E-state index contributed by atoms with van der Waals surface area (Å²) in [5.74, 6) is 0. The van der Waals surface area contributed by atoms with E-state index in [9.17, 15) is 0 Å². The number of aromatic nitrogens is 15. The second kappa shape index (κ2) is 78.1. The molecule has 0 fully saturated rings. The van der Waals surface area contributed by atoms with Crippen molar-refractivity contribution >= 4 is 0 Å². The summed E-state index contributed by atoms with van der Waals surface area (Å²) in [5.41, 5.74) is 17.8. The van der Waals surface area contributed by atoms with Gasteiger partial charge >= 0.3 is 0 Å². The fraction of sp³-hybridized carbons (Fsp3) is 0.529. The highest BCUT2D eigenvalue weighted by Gasteiger charge is 2.15. The Balaban J connectivity index is -0.000000115. The fourth-order valence-electron chi connectivity index (χ4n) is 7.85. The molecule has 0 aliphatic heterocycles. The summed E-state index contributed by atoms with van der Waals surface area (Å²) in [6.45, 7) is 70.3. The first-order chi connectivity index (χ1) is 48.5. The van der Waals surface area contributed by atoms with E-state index in [0.717, 1.165) is 22.6 Å². The van der Waals surface area contributed by atoms with Crippen molar-refractivity contribution in [2.45, 2.75) is 242 Å². The Kier molecular flexibility index (Phi) is 88.4. The van der Waals surface area contributed by atoms with E-state index in [0.29, 0.717) is 0 Å². The Morgan fingerprint density at radius 2 is 0.510 bits per heavy atom. The summed E-state index contributed by atoms with van der Waals surface area (Å²) < 4.78 is 20.7. The summed E-state index contributed by atoms with van der Waals surface area (Å²) in [4.78, 5) is 20.7. The van der Waals surface area contributed by atoms with Gasteiger partial charge < -0.3 is 0 Å². The number of hydrogen-bond acceptors (Lipinski definition) is 5. The number of aryl methyl sites for hydroxylation is 10. The van der Waals surface area contributed by atoms with Crippen molar-refractivity contribution < 1.29 is 23.4 Å². The molecule has 9 heterocycles. The van der Waals surface area contributed by atoms with Gasteiger partial charge in [0.2, 0.25) is 0 Å². The van der Waals surface area contributed by atoms with E-state index in [2.05, 4.69) is 166 Å². The lowest BCUT2D eigenvalue weighted by Crippen LogP contribution is -2.36. The van der Waals surface area contributed by atoms with Crippen molar-refractivity contribution in [2.24, 2.45) is 70.5 Å². The van der Waals surface area contributed by atoms with Gasteiger partial charge in [-0.15, -0.1) is 23.4 Å². The first-order valence-electron chi connectivity index (χ1n) is 38.1. The first kappa shape index (κ1) is 113. The Bertz CT molecular complexity index is 2800. The third kappa shape index (κ3) is 40.8. The molecular formula is C85H160N15+5. The van der Waals surface area contributed by atoms with Crippen LogP contribution < -0.4 is 23.4 Å². The predicted octanol–water partition coefficient (Wildman–Crippen LogP) is 21.5. The van der Waals surface area contributed by atoms with E-state index in [1.807, 2.05) is 366 Å². The minimum atomic E-state index is 1.00. The van der Waals surface area contributed by atoms with Crippen LogP contribution >= 0.6 is 0 Å². The molecule has 0 saturated heterocycles. The van der Waals surface area contributed by atoms with Crippen molar-refractivity contribution in [3.63, 3.8) is 0 Å². The monoisotopic (exact) mass is 1390 g/mol. The normalized spacial score (nSPS) is 8.25. The molecule has 0 aliphatic carbocycles. The molecule has 570 valence electrons. The topological polar surface area (TPSA) is 108 Å². The largest absolute Gasteiger partial charge is 0.264 e. The van der Waals surface area contributed by atoms with E-state index in [4.69, 9.17) is 0 Å². The number of hydrogen-bond donors (Lipinski definition) is 0. The highest BCUT2D eigenvalue weighted by molar-refractivity contribution is 5.64. The summed E-state index contributed by atoms with van der Waals surface area (Å²) in [5, 5.41) is 0. The lowest BCUT2D eigenvalue weighted by Gasteiger charge is -2.03. The van der Waals surface area contributed by atoms with Crippen molar-refractivity contribution in [3.8, 4) is 56.3 Å². The molecule has 100 heavy (non-hydrogen) atoms. The van der Waals surface area contributed by atoms with Crippen LogP contribution in [0.25, 0.3) is 56.3 Å². The average molecular weight is 1390 g/mol.